The van der Waals surface area contributed by atoms with Gasteiger partial charge in [0.1, 0.15) is 5.82 Å². The summed E-state index contributed by atoms with van der Waals surface area (Å²) in [6, 6.07) is 13.7. The number of alkyl halides is 1. The molecule has 2 rings (SSSR count). The summed E-state index contributed by atoms with van der Waals surface area (Å²) in [5.41, 5.74) is 0.428. The number of amides is 1. The molecule has 0 aliphatic rings. The number of rotatable bonds is 4. The molecule has 0 heterocycles. The van der Waals surface area contributed by atoms with Crippen molar-refractivity contribution in [2.24, 2.45) is 0 Å². The Morgan fingerprint density at radius 3 is 2.52 bits per heavy atom. The topological polar surface area (TPSA) is 29.1 Å². The summed E-state index contributed by atoms with van der Waals surface area (Å²) in [6.45, 7) is 1.84. The van der Waals surface area contributed by atoms with Gasteiger partial charge in [0, 0.05) is 11.4 Å². The average molecular weight is 371 g/mol. The quantitative estimate of drug-likeness (QED) is 0.790. The Bertz CT molecular complexity index is 650. The Balaban J connectivity index is 2.26. The van der Waals surface area contributed by atoms with Crippen LogP contribution in [0.1, 0.15) is 22.8 Å². The standard InChI is InChI=1S/C16H14BrClFNO/c1-16(10-18,12-5-3-2-4-6-12)20-15(21)11-7-8-13(17)14(19)9-11/h2-9H,10H2,1H3,(H,20,21). The van der Waals surface area contributed by atoms with Gasteiger partial charge in [0.25, 0.3) is 5.91 Å². The van der Waals surface area contributed by atoms with Crippen LogP contribution in [0.4, 0.5) is 4.39 Å². The second-order valence-electron chi connectivity index (χ2n) is 4.91. The van der Waals surface area contributed by atoms with Crippen LogP contribution < -0.4 is 5.32 Å². The molecule has 110 valence electrons. The number of carbonyl (C=O) groups excluding carboxylic acids is 1. The second-order valence-corrected chi connectivity index (χ2v) is 6.04. The Hall–Kier alpha value is -1.39. The van der Waals surface area contributed by atoms with Crippen molar-refractivity contribution in [1.82, 2.24) is 5.32 Å². The van der Waals surface area contributed by atoms with E-state index in [2.05, 4.69) is 21.2 Å². The van der Waals surface area contributed by atoms with Crippen LogP contribution in [0.3, 0.4) is 0 Å². The number of hydrogen-bond acceptors (Lipinski definition) is 1. The van der Waals surface area contributed by atoms with E-state index < -0.39 is 11.4 Å². The molecule has 0 fully saturated rings. The fraction of sp³-hybridized carbons (Fsp3) is 0.188. The first-order chi connectivity index (χ1) is 9.96. The minimum Gasteiger partial charge on any atom is -0.342 e. The molecule has 2 nitrogen and oxygen atoms in total. The first kappa shape index (κ1) is 16.0. The number of benzene rings is 2. The van der Waals surface area contributed by atoms with Gasteiger partial charge in [-0.25, -0.2) is 4.39 Å². The summed E-state index contributed by atoms with van der Waals surface area (Å²) in [4.78, 5) is 12.3. The Kier molecular flexibility index (Phi) is 5.01. The third kappa shape index (κ3) is 3.63. The van der Waals surface area contributed by atoms with Crippen LogP contribution in [-0.2, 0) is 5.54 Å². The van der Waals surface area contributed by atoms with E-state index in [0.29, 0.717) is 4.47 Å². The molecule has 1 unspecified atom stereocenters. The molecule has 0 aromatic heterocycles. The lowest BCUT2D eigenvalue weighted by molar-refractivity contribution is 0.0912. The zero-order valence-corrected chi connectivity index (χ0v) is 13.7. The van der Waals surface area contributed by atoms with Crippen molar-refractivity contribution in [2.45, 2.75) is 12.5 Å². The lowest BCUT2D eigenvalue weighted by atomic mass is 9.93. The maximum Gasteiger partial charge on any atom is 0.252 e. The highest BCUT2D eigenvalue weighted by molar-refractivity contribution is 9.10. The minimum absolute atomic E-state index is 0.210. The van der Waals surface area contributed by atoms with Crippen LogP contribution >= 0.6 is 27.5 Å². The van der Waals surface area contributed by atoms with Crippen molar-refractivity contribution >= 4 is 33.4 Å². The van der Waals surface area contributed by atoms with Gasteiger partial charge < -0.3 is 5.32 Å². The van der Waals surface area contributed by atoms with Crippen molar-refractivity contribution in [3.05, 3.63) is 69.9 Å². The number of hydrogen-bond donors (Lipinski definition) is 1. The van der Waals surface area contributed by atoms with Crippen LogP contribution in [0.5, 0.6) is 0 Å². The number of nitrogens with one attached hydrogen (secondary N) is 1. The van der Waals surface area contributed by atoms with Gasteiger partial charge in [-0.1, -0.05) is 30.3 Å². The summed E-state index contributed by atoms with van der Waals surface area (Å²) in [7, 11) is 0. The van der Waals surface area contributed by atoms with Gasteiger partial charge in [0.15, 0.2) is 0 Å². The minimum atomic E-state index is -0.719. The molecule has 21 heavy (non-hydrogen) atoms. The lowest BCUT2D eigenvalue weighted by Gasteiger charge is -2.29. The Morgan fingerprint density at radius 2 is 1.95 bits per heavy atom. The molecule has 0 saturated heterocycles. The second kappa shape index (κ2) is 6.58. The van der Waals surface area contributed by atoms with Crippen LogP contribution in [0.15, 0.2) is 53.0 Å². The average Bonchev–Trinajstić information content (AvgIpc) is 2.50. The fourth-order valence-electron chi connectivity index (χ4n) is 1.95. The molecule has 2 aromatic carbocycles. The molecule has 0 spiro atoms. The van der Waals surface area contributed by atoms with E-state index in [1.54, 1.807) is 6.07 Å². The van der Waals surface area contributed by atoms with E-state index in [0.717, 1.165) is 5.56 Å². The third-order valence-corrected chi connectivity index (χ3v) is 4.43. The Labute approximate surface area is 136 Å². The highest BCUT2D eigenvalue weighted by Gasteiger charge is 2.28. The predicted molar refractivity (Wildman–Crippen MR) is 86.1 cm³/mol. The number of halogens is 3. The summed E-state index contributed by atoms with van der Waals surface area (Å²) >= 11 is 9.10. The Morgan fingerprint density at radius 1 is 1.29 bits per heavy atom. The van der Waals surface area contributed by atoms with E-state index in [-0.39, 0.29) is 17.4 Å². The first-order valence-electron chi connectivity index (χ1n) is 6.35. The summed E-state index contributed by atoms with van der Waals surface area (Å²) in [5, 5.41) is 2.87. The van der Waals surface area contributed by atoms with E-state index in [9.17, 15) is 9.18 Å². The molecule has 1 atom stereocenters. The fourth-order valence-corrected chi connectivity index (χ4v) is 2.42. The van der Waals surface area contributed by atoms with Gasteiger partial charge in [0.2, 0.25) is 0 Å². The van der Waals surface area contributed by atoms with Crippen LogP contribution in [0.2, 0.25) is 0 Å². The van der Waals surface area contributed by atoms with Gasteiger partial charge in [-0.2, -0.15) is 0 Å². The third-order valence-electron chi connectivity index (χ3n) is 3.25. The molecular formula is C16H14BrClFNO. The van der Waals surface area contributed by atoms with Gasteiger partial charge >= 0.3 is 0 Å². The van der Waals surface area contributed by atoms with Gasteiger partial charge in [-0.3, -0.25) is 4.79 Å². The molecule has 2 aromatic rings. The van der Waals surface area contributed by atoms with E-state index in [1.165, 1.54) is 12.1 Å². The van der Waals surface area contributed by atoms with E-state index in [4.69, 9.17) is 11.6 Å². The molecule has 0 aliphatic carbocycles. The van der Waals surface area contributed by atoms with Crippen LogP contribution in [0.25, 0.3) is 0 Å². The van der Waals surface area contributed by atoms with Crippen molar-refractivity contribution in [3.63, 3.8) is 0 Å². The monoisotopic (exact) mass is 369 g/mol. The number of carbonyl (C=O) groups is 1. The van der Waals surface area contributed by atoms with Gasteiger partial charge in [0.05, 0.1) is 10.0 Å². The van der Waals surface area contributed by atoms with E-state index >= 15 is 0 Å². The SMILES string of the molecule is CC(CCl)(NC(=O)c1ccc(Br)c(F)c1)c1ccccc1. The van der Waals surface area contributed by atoms with Crippen molar-refractivity contribution in [3.8, 4) is 0 Å². The van der Waals surface area contributed by atoms with Crippen LogP contribution in [0, 0.1) is 5.82 Å². The zero-order valence-electron chi connectivity index (χ0n) is 11.4. The summed E-state index contributed by atoms with van der Waals surface area (Å²) in [6.07, 6.45) is 0. The molecule has 1 N–H and O–H groups in total. The molecule has 1 amide bonds. The normalized spacial score (nSPS) is 13.5. The molecule has 0 radical (unpaired) electrons. The summed E-state index contributed by atoms with van der Waals surface area (Å²) in [5.74, 6) is -0.634. The first-order valence-corrected chi connectivity index (χ1v) is 7.68. The maximum absolute atomic E-state index is 13.5. The highest BCUT2D eigenvalue weighted by atomic mass is 79.9. The van der Waals surface area contributed by atoms with Crippen LogP contribution in [-0.4, -0.2) is 11.8 Å². The molecule has 0 bridgehead atoms. The molecular weight excluding hydrogens is 357 g/mol. The van der Waals surface area contributed by atoms with Crippen molar-refractivity contribution < 1.29 is 9.18 Å². The lowest BCUT2D eigenvalue weighted by Crippen LogP contribution is -2.45. The molecule has 5 heteroatoms. The van der Waals surface area contributed by atoms with Gasteiger partial charge in [-0.05, 0) is 46.6 Å². The smallest absolute Gasteiger partial charge is 0.252 e. The highest BCUT2D eigenvalue weighted by Crippen LogP contribution is 2.23. The summed E-state index contributed by atoms with van der Waals surface area (Å²) < 4.78 is 13.8. The maximum atomic E-state index is 13.5. The van der Waals surface area contributed by atoms with E-state index in [1.807, 2.05) is 37.3 Å². The molecule has 0 aliphatic heterocycles. The van der Waals surface area contributed by atoms with Crippen molar-refractivity contribution in [2.75, 3.05) is 5.88 Å². The van der Waals surface area contributed by atoms with Gasteiger partial charge in [-0.15, -0.1) is 11.6 Å². The molecule has 0 saturated carbocycles. The van der Waals surface area contributed by atoms with Crippen molar-refractivity contribution in [1.29, 1.82) is 0 Å². The largest absolute Gasteiger partial charge is 0.342 e. The predicted octanol–water partition coefficient (Wildman–Crippen LogP) is 4.47. The zero-order chi connectivity index (χ0) is 15.5.